The molecule has 0 unspecified atom stereocenters. The molecule has 0 fully saturated rings. The maximum atomic E-state index is 12.1. The van der Waals surface area contributed by atoms with E-state index in [1.54, 1.807) is 5.41 Å². The summed E-state index contributed by atoms with van der Waals surface area (Å²) in [5, 5.41) is 1.81. The maximum absolute atomic E-state index is 12.1. The van der Waals surface area contributed by atoms with Gasteiger partial charge in [0.05, 0.1) is 12.7 Å². The van der Waals surface area contributed by atoms with Crippen molar-refractivity contribution >= 4 is 28.9 Å². The quantitative estimate of drug-likeness (QED) is 0.519. The standard InChI is InChI=1S/C21H19O3S.H2/c1-23-21(22)20(14-25-2)19-9-4-3-6-17(19)13-24-18-8-5-7-16(12-18)15-10-11-15;/h3-12,14H,13H2,1-2H3;1H/b20-14+;. The summed E-state index contributed by atoms with van der Waals surface area (Å²) >= 11 is 1.47. The van der Waals surface area contributed by atoms with Crippen molar-refractivity contribution in [1.29, 1.82) is 0 Å². The highest BCUT2D eigenvalue weighted by atomic mass is 32.2. The van der Waals surface area contributed by atoms with Gasteiger partial charge in [-0.3, -0.25) is 0 Å². The molecule has 4 heteroatoms. The molecule has 0 atom stereocenters. The molecule has 25 heavy (non-hydrogen) atoms. The summed E-state index contributed by atoms with van der Waals surface area (Å²) in [7, 11) is 1.39. The monoisotopic (exact) mass is 353 g/mol. The molecule has 0 amide bonds. The predicted octanol–water partition coefficient (Wildman–Crippen LogP) is 4.99. The van der Waals surface area contributed by atoms with Crippen molar-refractivity contribution in [2.75, 3.05) is 13.4 Å². The molecule has 0 N–H and O–H groups in total. The van der Waals surface area contributed by atoms with E-state index >= 15 is 0 Å². The molecule has 3 nitrogen and oxygen atoms in total. The van der Waals surface area contributed by atoms with Crippen LogP contribution >= 0.6 is 11.8 Å². The molecule has 1 aliphatic rings. The molecule has 3 rings (SSSR count). The molecular formula is C21H21O3S. The van der Waals surface area contributed by atoms with Crippen molar-refractivity contribution in [3.05, 3.63) is 83.1 Å². The third-order valence-corrected chi connectivity index (χ3v) is 4.31. The Labute approximate surface area is 153 Å². The lowest BCUT2D eigenvalue weighted by molar-refractivity contribution is -0.133. The van der Waals surface area contributed by atoms with Crippen LogP contribution in [0.2, 0.25) is 0 Å². The summed E-state index contributed by atoms with van der Waals surface area (Å²) in [6.07, 6.45) is 6.06. The zero-order valence-electron chi connectivity index (χ0n) is 14.2. The zero-order valence-corrected chi connectivity index (χ0v) is 15.0. The van der Waals surface area contributed by atoms with Gasteiger partial charge in [0.1, 0.15) is 12.4 Å². The van der Waals surface area contributed by atoms with Crippen LogP contribution in [0.3, 0.4) is 0 Å². The molecule has 0 saturated carbocycles. The molecule has 0 aromatic heterocycles. The van der Waals surface area contributed by atoms with Crippen LogP contribution in [0.5, 0.6) is 5.75 Å². The minimum Gasteiger partial charge on any atom is -0.489 e. The fourth-order valence-electron chi connectivity index (χ4n) is 2.52. The zero-order chi connectivity index (χ0) is 17.6. The van der Waals surface area contributed by atoms with E-state index < -0.39 is 0 Å². The minimum absolute atomic E-state index is 0. The van der Waals surface area contributed by atoms with Crippen LogP contribution in [-0.2, 0) is 16.1 Å². The van der Waals surface area contributed by atoms with E-state index in [4.69, 9.17) is 9.47 Å². The minimum atomic E-state index is -0.347. The fraction of sp³-hybridized carbons (Fsp3) is 0.143. The van der Waals surface area contributed by atoms with Gasteiger partial charge in [0, 0.05) is 7.85 Å². The highest BCUT2D eigenvalue weighted by Crippen LogP contribution is 2.32. The SMILES string of the molecule is COC(=O)/C(=C/SC)c1ccccc1COc1cccc(C2=C[CH]2)c1.[HH]. The van der Waals surface area contributed by atoms with Crippen LogP contribution in [0.4, 0.5) is 0 Å². The number of hydrogen-bond donors (Lipinski definition) is 0. The number of esters is 1. The van der Waals surface area contributed by atoms with Crippen LogP contribution in [0.15, 0.2) is 60.0 Å². The number of methoxy groups -OCH3 is 1. The van der Waals surface area contributed by atoms with Crippen molar-refractivity contribution in [2.24, 2.45) is 0 Å². The van der Waals surface area contributed by atoms with Gasteiger partial charge in [-0.25, -0.2) is 4.79 Å². The average Bonchev–Trinajstić information content (AvgIpc) is 3.50. The molecule has 2 aromatic rings. The van der Waals surface area contributed by atoms with Crippen LogP contribution in [-0.4, -0.2) is 19.3 Å². The van der Waals surface area contributed by atoms with Crippen molar-refractivity contribution in [2.45, 2.75) is 6.61 Å². The summed E-state index contributed by atoms with van der Waals surface area (Å²) < 4.78 is 10.9. The molecule has 0 spiro atoms. The lowest BCUT2D eigenvalue weighted by Gasteiger charge is -2.13. The lowest BCUT2D eigenvalue weighted by atomic mass is 10.0. The molecule has 0 saturated heterocycles. The molecule has 0 bridgehead atoms. The molecule has 0 aliphatic heterocycles. The number of carbonyl (C=O) groups excluding carboxylic acids is 1. The first-order chi connectivity index (χ1) is 12.2. The first-order valence-corrected chi connectivity index (χ1v) is 9.19. The van der Waals surface area contributed by atoms with E-state index in [2.05, 4.69) is 18.6 Å². The van der Waals surface area contributed by atoms with Gasteiger partial charge in [-0.05, 0) is 46.1 Å². The van der Waals surface area contributed by atoms with Crippen LogP contribution in [0.25, 0.3) is 11.1 Å². The van der Waals surface area contributed by atoms with E-state index in [-0.39, 0.29) is 7.40 Å². The van der Waals surface area contributed by atoms with Gasteiger partial charge in [0.15, 0.2) is 0 Å². The number of benzene rings is 2. The maximum Gasteiger partial charge on any atom is 0.338 e. The molecule has 1 aliphatic carbocycles. The number of ether oxygens (including phenoxy) is 2. The number of hydrogen-bond acceptors (Lipinski definition) is 4. The Morgan fingerprint density at radius 2 is 2.00 bits per heavy atom. The van der Waals surface area contributed by atoms with Crippen LogP contribution in [0, 0.1) is 6.42 Å². The van der Waals surface area contributed by atoms with Gasteiger partial charge < -0.3 is 9.47 Å². The Hall–Kier alpha value is -2.46. The molecule has 1 radical (unpaired) electrons. The second-order valence-electron chi connectivity index (χ2n) is 5.52. The van der Waals surface area contributed by atoms with E-state index in [0.29, 0.717) is 12.2 Å². The van der Waals surface area contributed by atoms with Crippen molar-refractivity contribution in [3.63, 3.8) is 0 Å². The fourth-order valence-corrected chi connectivity index (χ4v) is 2.98. The summed E-state index contributed by atoms with van der Waals surface area (Å²) in [6, 6.07) is 15.7. The topological polar surface area (TPSA) is 35.5 Å². The van der Waals surface area contributed by atoms with Gasteiger partial charge in [0.2, 0.25) is 0 Å². The van der Waals surface area contributed by atoms with Gasteiger partial charge in [-0.1, -0.05) is 42.5 Å². The van der Waals surface area contributed by atoms with Crippen LogP contribution < -0.4 is 4.74 Å². The van der Waals surface area contributed by atoms with Crippen molar-refractivity contribution < 1.29 is 15.7 Å². The van der Waals surface area contributed by atoms with E-state index in [0.717, 1.165) is 22.4 Å². The second kappa shape index (κ2) is 8.08. The van der Waals surface area contributed by atoms with Gasteiger partial charge in [-0.2, -0.15) is 0 Å². The number of allylic oxidation sites excluding steroid dienone is 2. The van der Waals surface area contributed by atoms with Crippen molar-refractivity contribution in [1.82, 2.24) is 0 Å². The highest BCUT2D eigenvalue weighted by Gasteiger charge is 2.16. The van der Waals surface area contributed by atoms with Gasteiger partial charge in [-0.15, -0.1) is 11.8 Å². The number of rotatable bonds is 7. The summed E-state index contributed by atoms with van der Waals surface area (Å²) in [5.41, 5.74) is 4.71. The number of carbonyl (C=O) groups is 1. The summed E-state index contributed by atoms with van der Waals surface area (Å²) in [5.74, 6) is 0.460. The smallest absolute Gasteiger partial charge is 0.338 e. The Bertz CT molecular complexity index is 843. The Kier molecular flexibility index (Phi) is 5.61. The number of thioether (sulfide) groups is 1. The third kappa shape index (κ3) is 4.34. The van der Waals surface area contributed by atoms with E-state index in [1.807, 2.05) is 48.7 Å². The first kappa shape index (κ1) is 17.4. The third-order valence-electron chi connectivity index (χ3n) is 3.84. The highest BCUT2D eigenvalue weighted by molar-refractivity contribution is 8.01. The second-order valence-corrected chi connectivity index (χ2v) is 6.23. The Morgan fingerprint density at radius 1 is 1.20 bits per heavy atom. The van der Waals surface area contributed by atoms with Crippen LogP contribution in [0.1, 0.15) is 18.1 Å². The van der Waals surface area contributed by atoms with Gasteiger partial charge in [0.25, 0.3) is 0 Å². The predicted molar refractivity (Wildman–Crippen MR) is 105 cm³/mol. The molecule has 2 aromatic carbocycles. The Balaban J connectivity index is 0.00000243. The summed E-state index contributed by atoms with van der Waals surface area (Å²) in [4.78, 5) is 12.1. The largest absolute Gasteiger partial charge is 0.489 e. The summed E-state index contributed by atoms with van der Waals surface area (Å²) in [6.45, 7) is 0.380. The molecular weight excluding hydrogens is 332 g/mol. The molecule has 129 valence electrons. The van der Waals surface area contributed by atoms with E-state index in [1.165, 1.54) is 24.4 Å². The lowest BCUT2D eigenvalue weighted by Crippen LogP contribution is -2.07. The normalized spacial score (nSPS) is 13.2. The van der Waals surface area contributed by atoms with Crippen molar-refractivity contribution in [3.8, 4) is 5.75 Å². The molecule has 0 heterocycles. The first-order valence-electron chi connectivity index (χ1n) is 7.90. The average molecular weight is 353 g/mol. The van der Waals surface area contributed by atoms with E-state index in [9.17, 15) is 4.79 Å². The Morgan fingerprint density at radius 3 is 2.72 bits per heavy atom. The van der Waals surface area contributed by atoms with Gasteiger partial charge >= 0.3 is 5.97 Å².